The van der Waals surface area contributed by atoms with E-state index in [1.165, 1.54) is 0 Å². The zero-order chi connectivity index (χ0) is 14.9. The third-order valence-corrected chi connectivity index (χ3v) is 3.21. The van der Waals surface area contributed by atoms with Gasteiger partial charge in [0.1, 0.15) is 0 Å². The highest BCUT2D eigenvalue weighted by Crippen LogP contribution is 2.11. The summed E-state index contributed by atoms with van der Waals surface area (Å²) in [7, 11) is 1.67. The molecule has 6 nitrogen and oxygen atoms in total. The van der Waals surface area contributed by atoms with Crippen LogP contribution < -0.4 is 10.6 Å². The molecule has 0 aliphatic carbocycles. The Labute approximate surface area is 124 Å². The van der Waals surface area contributed by atoms with Crippen LogP contribution in [0.3, 0.4) is 0 Å². The lowest BCUT2D eigenvalue weighted by molar-refractivity contribution is -0.121. The number of carbonyl (C=O) groups excluding carboxylic acids is 1. The van der Waals surface area contributed by atoms with Gasteiger partial charge in [0.05, 0.1) is 24.0 Å². The molecule has 114 valence electrons. The Hall–Kier alpha value is -1.92. The van der Waals surface area contributed by atoms with Crippen LogP contribution in [0, 0.1) is 0 Å². The van der Waals surface area contributed by atoms with Crippen molar-refractivity contribution in [2.24, 2.45) is 0 Å². The van der Waals surface area contributed by atoms with Crippen molar-refractivity contribution in [3.05, 3.63) is 30.6 Å². The lowest BCUT2D eigenvalue weighted by atomic mass is 10.3. The highest BCUT2D eigenvalue weighted by atomic mass is 16.5. The van der Waals surface area contributed by atoms with E-state index in [2.05, 4.69) is 15.6 Å². The minimum Gasteiger partial charge on any atom is -0.383 e. The lowest BCUT2D eigenvalue weighted by Crippen LogP contribution is -2.33. The monoisotopic (exact) mass is 290 g/mol. The molecular weight excluding hydrogens is 268 g/mol. The molecule has 0 saturated heterocycles. The smallest absolute Gasteiger partial charge is 0.221 e. The van der Waals surface area contributed by atoms with E-state index >= 15 is 0 Å². The van der Waals surface area contributed by atoms with E-state index < -0.39 is 0 Å². The SMILES string of the molecule is COCCNCCNC(=O)CCn1cnc2ccccc21. The number of benzene rings is 1. The van der Waals surface area contributed by atoms with Crippen molar-refractivity contribution in [1.82, 2.24) is 20.2 Å². The second-order valence-electron chi connectivity index (χ2n) is 4.77. The molecule has 2 rings (SSSR count). The molecule has 2 aromatic rings. The highest BCUT2D eigenvalue weighted by molar-refractivity contribution is 5.77. The molecule has 0 radical (unpaired) electrons. The molecule has 1 amide bonds. The molecule has 2 N–H and O–H groups in total. The molecule has 1 aromatic heterocycles. The maximum atomic E-state index is 11.8. The number of rotatable bonds is 9. The van der Waals surface area contributed by atoms with Gasteiger partial charge in [-0.2, -0.15) is 0 Å². The van der Waals surface area contributed by atoms with Gasteiger partial charge in [-0.1, -0.05) is 12.1 Å². The largest absolute Gasteiger partial charge is 0.383 e. The summed E-state index contributed by atoms with van der Waals surface area (Å²) in [6, 6.07) is 7.92. The van der Waals surface area contributed by atoms with Crippen molar-refractivity contribution in [3.8, 4) is 0 Å². The molecule has 0 bridgehead atoms. The molecule has 0 spiro atoms. The van der Waals surface area contributed by atoms with E-state index in [1.807, 2.05) is 28.8 Å². The highest BCUT2D eigenvalue weighted by Gasteiger charge is 2.04. The van der Waals surface area contributed by atoms with Gasteiger partial charge in [0.2, 0.25) is 5.91 Å². The topological polar surface area (TPSA) is 68.2 Å². The number of para-hydroxylation sites is 2. The van der Waals surface area contributed by atoms with Gasteiger partial charge in [-0.25, -0.2) is 4.98 Å². The van der Waals surface area contributed by atoms with Crippen LogP contribution in [0.2, 0.25) is 0 Å². The van der Waals surface area contributed by atoms with E-state index in [4.69, 9.17) is 4.74 Å². The quantitative estimate of drug-likeness (QED) is 0.670. The molecule has 1 aromatic carbocycles. The normalized spacial score (nSPS) is 10.9. The standard InChI is InChI=1S/C15H22N4O2/c1-21-11-9-16-7-8-17-15(20)6-10-19-12-18-13-4-2-3-5-14(13)19/h2-5,12,16H,6-11H2,1H3,(H,17,20). The fourth-order valence-corrected chi connectivity index (χ4v) is 2.09. The van der Waals surface area contributed by atoms with Crippen molar-refractivity contribution < 1.29 is 9.53 Å². The number of aromatic nitrogens is 2. The Kier molecular flexibility index (Phi) is 6.18. The molecule has 0 aliphatic heterocycles. The Morgan fingerprint density at radius 3 is 3.00 bits per heavy atom. The summed E-state index contributed by atoms with van der Waals surface area (Å²) < 4.78 is 6.93. The minimum absolute atomic E-state index is 0.0568. The van der Waals surface area contributed by atoms with Crippen molar-refractivity contribution in [2.75, 3.05) is 33.4 Å². The first-order valence-electron chi connectivity index (χ1n) is 7.17. The zero-order valence-electron chi connectivity index (χ0n) is 12.3. The van der Waals surface area contributed by atoms with Crippen molar-refractivity contribution in [1.29, 1.82) is 0 Å². The Balaban J connectivity index is 1.67. The Morgan fingerprint density at radius 2 is 2.14 bits per heavy atom. The fourth-order valence-electron chi connectivity index (χ4n) is 2.09. The summed E-state index contributed by atoms with van der Waals surface area (Å²) in [4.78, 5) is 16.1. The molecule has 0 aliphatic rings. The molecule has 0 saturated carbocycles. The van der Waals surface area contributed by atoms with Gasteiger partial charge in [-0.05, 0) is 12.1 Å². The number of amides is 1. The van der Waals surface area contributed by atoms with Crippen LogP contribution in [-0.4, -0.2) is 48.8 Å². The second-order valence-corrected chi connectivity index (χ2v) is 4.77. The number of carbonyl (C=O) groups is 1. The van der Waals surface area contributed by atoms with Crippen molar-refractivity contribution >= 4 is 16.9 Å². The maximum Gasteiger partial charge on any atom is 0.221 e. The van der Waals surface area contributed by atoms with Crippen LogP contribution in [0.15, 0.2) is 30.6 Å². The third-order valence-electron chi connectivity index (χ3n) is 3.21. The zero-order valence-corrected chi connectivity index (χ0v) is 12.3. The first-order valence-corrected chi connectivity index (χ1v) is 7.17. The van der Waals surface area contributed by atoms with Crippen LogP contribution in [0.25, 0.3) is 11.0 Å². The van der Waals surface area contributed by atoms with Gasteiger partial charge < -0.3 is 19.9 Å². The average molecular weight is 290 g/mol. The number of methoxy groups -OCH3 is 1. The second kappa shape index (κ2) is 8.39. The lowest BCUT2D eigenvalue weighted by Gasteiger charge is -2.07. The first kappa shape index (κ1) is 15.5. The summed E-state index contributed by atoms with van der Waals surface area (Å²) in [6.07, 6.45) is 2.24. The van der Waals surface area contributed by atoms with Gasteiger partial charge in [0, 0.05) is 39.7 Å². The van der Waals surface area contributed by atoms with Crippen molar-refractivity contribution in [3.63, 3.8) is 0 Å². The van der Waals surface area contributed by atoms with Gasteiger partial charge in [0.15, 0.2) is 0 Å². The van der Waals surface area contributed by atoms with Gasteiger partial charge in [0.25, 0.3) is 0 Å². The van der Waals surface area contributed by atoms with E-state index in [1.54, 1.807) is 13.4 Å². The number of nitrogens with zero attached hydrogens (tertiary/aromatic N) is 2. The molecule has 6 heteroatoms. The van der Waals surface area contributed by atoms with Gasteiger partial charge in [-0.3, -0.25) is 4.79 Å². The summed E-state index contributed by atoms with van der Waals surface area (Å²) >= 11 is 0. The van der Waals surface area contributed by atoms with Crippen LogP contribution in [0.1, 0.15) is 6.42 Å². The average Bonchev–Trinajstić information content (AvgIpc) is 2.92. The van der Waals surface area contributed by atoms with Crippen LogP contribution >= 0.6 is 0 Å². The number of imidazole rings is 1. The number of nitrogens with one attached hydrogen (secondary N) is 2. The fraction of sp³-hybridized carbons (Fsp3) is 0.467. The molecule has 0 unspecified atom stereocenters. The van der Waals surface area contributed by atoms with Crippen LogP contribution in [0.4, 0.5) is 0 Å². The maximum absolute atomic E-state index is 11.8. The summed E-state index contributed by atoms with van der Waals surface area (Å²) in [5.41, 5.74) is 2.02. The predicted octanol–water partition coefficient (Wildman–Crippen LogP) is 0.779. The van der Waals surface area contributed by atoms with E-state index in [0.29, 0.717) is 26.1 Å². The van der Waals surface area contributed by atoms with E-state index in [0.717, 1.165) is 24.1 Å². The summed E-state index contributed by atoms with van der Waals surface area (Å²) in [6.45, 7) is 3.51. The number of fused-ring (bicyclic) bond motifs is 1. The van der Waals surface area contributed by atoms with E-state index in [9.17, 15) is 4.79 Å². The van der Waals surface area contributed by atoms with Crippen molar-refractivity contribution in [2.45, 2.75) is 13.0 Å². The Morgan fingerprint density at radius 1 is 1.29 bits per heavy atom. The number of hydrogen-bond donors (Lipinski definition) is 2. The molecule has 0 fully saturated rings. The van der Waals surface area contributed by atoms with Crippen LogP contribution in [-0.2, 0) is 16.1 Å². The van der Waals surface area contributed by atoms with E-state index in [-0.39, 0.29) is 5.91 Å². The van der Waals surface area contributed by atoms with Crippen LogP contribution in [0.5, 0.6) is 0 Å². The first-order chi connectivity index (χ1) is 10.3. The number of ether oxygens (including phenoxy) is 1. The molecule has 0 atom stereocenters. The third kappa shape index (κ3) is 4.84. The predicted molar refractivity (Wildman–Crippen MR) is 82.1 cm³/mol. The molecular formula is C15H22N4O2. The van der Waals surface area contributed by atoms with Gasteiger partial charge in [-0.15, -0.1) is 0 Å². The number of aryl methyl sites for hydroxylation is 1. The Bertz CT molecular complexity index is 568. The molecule has 21 heavy (non-hydrogen) atoms. The number of hydrogen-bond acceptors (Lipinski definition) is 4. The minimum atomic E-state index is 0.0568. The molecule has 1 heterocycles. The summed E-state index contributed by atoms with van der Waals surface area (Å²) in [5.74, 6) is 0.0568. The van der Waals surface area contributed by atoms with Gasteiger partial charge >= 0.3 is 0 Å². The summed E-state index contributed by atoms with van der Waals surface area (Å²) in [5, 5.41) is 6.07.